The van der Waals surface area contributed by atoms with Crippen LogP contribution in [0.3, 0.4) is 0 Å². The molecule has 3 rings (SSSR count). The van der Waals surface area contributed by atoms with Crippen molar-refractivity contribution in [1.82, 2.24) is 10.2 Å². The van der Waals surface area contributed by atoms with Crippen molar-refractivity contribution in [3.05, 3.63) is 52.5 Å². The van der Waals surface area contributed by atoms with Gasteiger partial charge in [-0.1, -0.05) is 26.0 Å². The smallest absolute Gasteiger partial charge is 0.244 e. The van der Waals surface area contributed by atoms with Gasteiger partial charge in [0.1, 0.15) is 17.4 Å². The zero-order valence-corrected chi connectivity index (χ0v) is 14.0. The zero-order chi connectivity index (χ0) is 17.3. The highest BCUT2D eigenvalue weighted by Crippen LogP contribution is 2.44. The number of nitrogens with two attached hydrogens (primary N) is 1. The number of hydrogen-bond donors (Lipinski definition) is 2. The molecule has 0 spiro atoms. The molecule has 1 aromatic carbocycles. The summed E-state index contributed by atoms with van der Waals surface area (Å²) in [7, 11) is 0. The lowest BCUT2D eigenvalue weighted by Gasteiger charge is -2.24. The molecule has 1 aromatic heterocycles. The third-order valence-corrected chi connectivity index (χ3v) is 4.07. The van der Waals surface area contributed by atoms with E-state index in [1.54, 1.807) is 0 Å². The van der Waals surface area contributed by atoms with Crippen molar-refractivity contribution < 1.29 is 9.47 Å². The molecular weight excluding hydrogens is 304 g/mol. The van der Waals surface area contributed by atoms with Crippen LogP contribution in [0, 0.1) is 11.3 Å². The van der Waals surface area contributed by atoms with Gasteiger partial charge in [-0.15, -0.1) is 5.10 Å². The number of allylic oxidation sites excluding steroid dienone is 1. The lowest BCUT2D eigenvalue weighted by molar-refractivity contribution is 0.340. The van der Waals surface area contributed by atoms with E-state index in [4.69, 9.17) is 15.2 Å². The standard InChI is InChI=1S/C18H20N4O2/c1-4-23-12-7-5-11(6-8-12)14-13(9-19)17(20)24-18-15(14)16(10(2)3)21-22-18/h5-8,10,14H,4,20H2,1-3H3,(H,21,22). The zero-order valence-electron chi connectivity index (χ0n) is 14.0. The maximum Gasteiger partial charge on any atom is 0.244 e. The molecule has 0 saturated heterocycles. The Bertz CT molecular complexity index is 813. The number of hydrogen-bond acceptors (Lipinski definition) is 5. The molecule has 0 aliphatic carbocycles. The first-order chi connectivity index (χ1) is 11.6. The van der Waals surface area contributed by atoms with Gasteiger partial charge in [0, 0.05) is 5.69 Å². The van der Waals surface area contributed by atoms with Gasteiger partial charge in [-0.05, 0) is 30.5 Å². The maximum atomic E-state index is 9.60. The summed E-state index contributed by atoms with van der Waals surface area (Å²) in [6.45, 7) is 6.68. The van der Waals surface area contributed by atoms with Crippen LogP contribution in [0.1, 0.15) is 49.4 Å². The minimum Gasteiger partial charge on any atom is -0.494 e. The van der Waals surface area contributed by atoms with E-state index in [0.29, 0.717) is 18.1 Å². The fraction of sp³-hybridized carbons (Fsp3) is 0.333. The molecule has 24 heavy (non-hydrogen) atoms. The third-order valence-electron chi connectivity index (χ3n) is 4.07. The predicted molar refractivity (Wildman–Crippen MR) is 89.6 cm³/mol. The molecule has 1 aliphatic rings. The SMILES string of the molecule is CCOc1ccc(C2C(C#N)=C(N)Oc3n[nH]c(C(C)C)c32)cc1. The van der Waals surface area contributed by atoms with Crippen molar-refractivity contribution in [1.29, 1.82) is 5.26 Å². The lowest BCUT2D eigenvalue weighted by atomic mass is 9.82. The summed E-state index contributed by atoms with van der Waals surface area (Å²) in [6.07, 6.45) is 0. The van der Waals surface area contributed by atoms with E-state index in [1.165, 1.54) is 0 Å². The van der Waals surface area contributed by atoms with E-state index in [0.717, 1.165) is 22.6 Å². The van der Waals surface area contributed by atoms with Crippen molar-refractivity contribution in [2.24, 2.45) is 5.73 Å². The second-order valence-corrected chi connectivity index (χ2v) is 5.94. The van der Waals surface area contributed by atoms with Gasteiger partial charge in [0.25, 0.3) is 0 Å². The number of ether oxygens (including phenoxy) is 2. The van der Waals surface area contributed by atoms with Gasteiger partial charge >= 0.3 is 0 Å². The number of aromatic nitrogens is 2. The summed E-state index contributed by atoms with van der Waals surface area (Å²) in [5.74, 6) is 1.25. The quantitative estimate of drug-likeness (QED) is 0.900. The molecule has 3 N–H and O–H groups in total. The monoisotopic (exact) mass is 324 g/mol. The second kappa shape index (κ2) is 6.28. The molecule has 124 valence electrons. The molecule has 0 radical (unpaired) electrons. The number of H-pyrrole nitrogens is 1. The highest BCUT2D eigenvalue weighted by Gasteiger charge is 2.35. The Morgan fingerprint density at radius 2 is 2.08 bits per heavy atom. The normalized spacial score (nSPS) is 16.5. The molecule has 2 aromatic rings. The van der Waals surface area contributed by atoms with Crippen LogP contribution in [0.4, 0.5) is 0 Å². The molecule has 0 bridgehead atoms. The van der Waals surface area contributed by atoms with E-state index in [1.807, 2.05) is 31.2 Å². The van der Waals surface area contributed by atoms with Gasteiger partial charge in [-0.3, -0.25) is 5.10 Å². The molecule has 0 amide bonds. The van der Waals surface area contributed by atoms with Crippen LogP contribution in [0.25, 0.3) is 0 Å². The minimum atomic E-state index is -0.300. The molecule has 6 nitrogen and oxygen atoms in total. The van der Waals surface area contributed by atoms with Crippen molar-refractivity contribution in [2.45, 2.75) is 32.6 Å². The largest absolute Gasteiger partial charge is 0.494 e. The fourth-order valence-corrected chi connectivity index (χ4v) is 2.97. The van der Waals surface area contributed by atoms with Gasteiger partial charge in [0.05, 0.1) is 18.1 Å². The van der Waals surface area contributed by atoms with Crippen molar-refractivity contribution in [2.75, 3.05) is 6.61 Å². The van der Waals surface area contributed by atoms with E-state index in [9.17, 15) is 5.26 Å². The average Bonchev–Trinajstić information content (AvgIpc) is 2.98. The number of aromatic amines is 1. The first-order valence-corrected chi connectivity index (χ1v) is 7.95. The summed E-state index contributed by atoms with van der Waals surface area (Å²) >= 11 is 0. The van der Waals surface area contributed by atoms with Gasteiger partial charge in [0.15, 0.2) is 0 Å². The molecule has 0 saturated carbocycles. The van der Waals surface area contributed by atoms with Gasteiger partial charge in [-0.25, -0.2) is 0 Å². The number of nitrogens with one attached hydrogen (secondary N) is 1. The third kappa shape index (κ3) is 2.58. The summed E-state index contributed by atoms with van der Waals surface area (Å²) in [6, 6.07) is 9.89. The van der Waals surface area contributed by atoms with Crippen LogP contribution >= 0.6 is 0 Å². The number of nitrogens with zero attached hydrogens (tertiary/aromatic N) is 2. The first-order valence-electron chi connectivity index (χ1n) is 7.95. The van der Waals surface area contributed by atoms with Crippen molar-refractivity contribution in [3.8, 4) is 17.7 Å². The van der Waals surface area contributed by atoms with E-state index in [-0.39, 0.29) is 17.7 Å². The summed E-state index contributed by atoms with van der Waals surface area (Å²) in [5, 5.41) is 16.8. The van der Waals surface area contributed by atoms with Crippen LogP contribution in [0.2, 0.25) is 0 Å². The Morgan fingerprint density at radius 3 is 2.67 bits per heavy atom. The van der Waals surface area contributed by atoms with Crippen LogP contribution in [0.5, 0.6) is 11.6 Å². The number of benzene rings is 1. The van der Waals surface area contributed by atoms with Gasteiger partial charge in [0.2, 0.25) is 11.8 Å². The number of nitriles is 1. The molecular formula is C18H20N4O2. The molecule has 1 aliphatic heterocycles. The average molecular weight is 324 g/mol. The predicted octanol–water partition coefficient (Wildman–Crippen LogP) is 3.15. The Morgan fingerprint density at radius 1 is 1.38 bits per heavy atom. The topological polar surface area (TPSA) is 96.9 Å². The molecule has 0 fully saturated rings. The maximum absolute atomic E-state index is 9.60. The Labute approximate surface area is 140 Å². The molecule has 6 heteroatoms. The second-order valence-electron chi connectivity index (χ2n) is 5.94. The van der Waals surface area contributed by atoms with Crippen molar-refractivity contribution in [3.63, 3.8) is 0 Å². The fourth-order valence-electron chi connectivity index (χ4n) is 2.97. The Hall–Kier alpha value is -2.94. The van der Waals surface area contributed by atoms with Gasteiger partial charge < -0.3 is 15.2 Å². The lowest BCUT2D eigenvalue weighted by Crippen LogP contribution is -2.21. The number of fused-ring (bicyclic) bond motifs is 1. The summed E-state index contributed by atoms with van der Waals surface area (Å²) in [4.78, 5) is 0. The van der Waals surface area contributed by atoms with Gasteiger partial charge in [-0.2, -0.15) is 5.26 Å². The van der Waals surface area contributed by atoms with E-state index in [2.05, 4.69) is 30.1 Å². The van der Waals surface area contributed by atoms with Crippen LogP contribution in [-0.2, 0) is 0 Å². The van der Waals surface area contributed by atoms with Crippen molar-refractivity contribution >= 4 is 0 Å². The Balaban J connectivity index is 2.13. The summed E-state index contributed by atoms with van der Waals surface area (Å²) < 4.78 is 11.0. The highest BCUT2D eigenvalue weighted by atomic mass is 16.5. The first kappa shape index (κ1) is 15.9. The van der Waals surface area contributed by atoms with Crippen LogP contribution < -0.4 is 15.2 Å². The molecule has 2 heterocycles. The minimum absolute atomic E-state index is 0.102. The van der Waals surface area contributed by atoms with Crippen LogP contribution in [-0.4, -0.2) is 16.8 Å². The van der Waals surface area contributed by atoms with Crippen LogP contribution in [0.15, 0.2) is 35.7 Å². The van der Waals surface area contributed by atoms with E-state index < -0.39 is 0 Å². The molecule has 1 atom stereocenters. The number of rotatable bonds is 4. The summed E-state index contributed by atoms with van der Waals surface area (Å²) in [5.41, 5.74) is 9.12. The Kier molecular flexibility index (Phi) is 4.17. The van der Waals surface area contributed by atoms with E-state index >= 15 is 0 Å². The highest BCUT2D eigenvalue weighted by molar-refractivity contribution is 5.56. The molecule has 1 unspecified atom stereocenters.